The molecule has 0 heterocycles. The van der Waals surface area contributed by atoms with Crippen molar-refractivity contribution in [2.75, 3.05) is 16.7 Å². The van der Waals surface area contributed by atoms with Gasteiger partial charge in [0.05, 0.1) is 16.1 Å². The van der Waals surface area contributed by atoms with Crippen LogP contribution in [0.1, 0.15) is 33.2 Å². The normalized spacial score (nSPS) is 11.9. The van der Waals surface area contributed by atoms with Crippen LogP contribution in [0, 0.1) is 6.92 Å². The van der Waals surface area contributed by atoms with Gasteiger partial charge in [0, 0.05) is 18.3 Å². The molecule has 35 heavy (non-hydrogen) atoms. The number of amides is 2. The Morgan fingerprint density at radius 3 is 2.17 bits per heavy atom. The van der Waals surface area contributed by atoms with E-state index in [1.54, 1.807) is 24.3 Å². The molecule has 3 aromatic rings. The molecule has 0 saturated carbocycles. The summed E-state index contributed by atoms with van der Waals surface area (Å²) in [5.74, 6) is -2.06. The summed E-state index contributed by atoms with van der Waals surface area (Å²) in [5.41, 5.74) is 7.30. The fourth-order valence-electron chi connectivity index (χ4n) is 3.08. The Morgan fingerprint density at radius 1 is 0.943 bits per heavy atom. The molecule has 10 heteroatoms. The Hall–Kier alpha value is -4.18. The number of carbonyl (C=O) groups excluding carboxylic acids is 3. The van der Waals surface area contributed by atoms with Crippen molar-refractivity contribution in [1.29, 1.82) is 0 Å². The first-order valence-electron chi connectivity index (χ1n) is 10.6. The van der Waals surface area contributed by atoms with Crippen LogP contribution in [-0.4, -0.2) is 39.4 Å². The molecule has 0 aliphatic carbocycles. The highest BCUT2D eigenvalue weighted by Crippen LogP contribution is 2.23. The molecule has 0 bridgehead atoms. The highest BCUT2D eigenvalue weighted by atomic mass is 32.2. The van der Waals surface area contributed by atoms with Crippen molar-refractivity contribution in [3.63, 3.8) is 0 Å². The molecule has 2 amide bonds. The van der Waals surface area contributed by atoms with E-state index in [2.05, 4.69) is 5.32 Å². The van der Waals surface area contributed by atoms with Gasteiger partial charge in [0.25, 0.3) is 15.9 Å². The van der Waals surface area contributed by atoms with Gasteiger partial charge < -0.3 is 15.8 Å². The number of esters is 1. The first-order valence-corrected chi connectivity index (χ1v) is 12.0. The molecule has 3 N–H and O–H groups in total. The van der Waals surface area contributed by atoms with Crippen LogP contribution in [0.5, 0.6) is 0 Å². The molecule has 0 aromatic heterocycles. The Labute approximate surface area is 203 Å². The smallest absolute Gasteiger partial charge is 0.338 e. The average Bonchev–Trinajstić information content (AvgIpc) is 2.84. The quantitative estimate of drug-likeness (QED) is 0.461. The molecule has 182 valence electrons. The zero-order valence-electron chi connectivity index (χ0n) is 19.4. The van der Waals surface area contributed by atoms with Crippen molar-refractivity contribution in [2.45, 2.75) is 24.8 Å². The van der Waals surface area contributed by atoms with Gasteiger partial charge in [-0.15, -0.1) is 0 Å². The molecule has 3 rings (SSSR count). The van der Waals surface area contributed by atoms with Gasteiger partial charge in [-0.05, 0) is 68.4 Å². The number of benzene rings is 3. The topological polar surface area (TPSA) is 136 Å². The lowest BCUT2D eigenvalue weighted by Gasteiger charge is -2.20. The molecule has 0 aliphatic heterocycles. The number of carbonyl (C=O) groups is 3. The fourth-order valence-corrected chi connectivity index (χ4v) is 4.32. The number of anilines is 2. The van der Waals surface area contributed by atoms with Crippen LogP contribution in [-0.2, 0) is 19.6 Å². The van der Waals surface area contributed by atoms with Gasteiger partial charge in [0.15, 0.2) is 6.10 Å². The van der Waals surface area contributed by atoms with E-state index in [-0.39, 0.29) is 16.0 Å². The minimum Gasteiger partial charge on any atom is -0.449 e. The SMILES string of the molecule is Cc1ccc(N(C)S(=O)(=O)c2cccc(C(=O)OC(C)C(=O)Nc3ccc(C(N)=O)cc3)c2)cc1. The minimum atomic E-state index is -3.94. The number of sulfonamides is 1. The van der Waals surface area contributed by atoms with Crippen LogP contribution in [0.3, 0.4) is 0 Å². The van der Waals surface area contributed by atoms with Gasteiger partial charge in [-0.2, -0.15) is 0 Å². The molecule has 1 unspecified atom stereocenters. The maximum Gasteiger partial charge on any atom is 0.338 e. The van der Waals surface area contributed by atoms with E-state index in [4.69, 9.17) is 10.5 Å². The van der Waals surface area contributed by atoms with Crippen LogP contribution in [0.4, 0.5) is 11.4 Å². The van der Waals surface area contributed by atoms with Crippen LogP contribution in [0.15, 0.2) is 77.7 Å². The number of rotatable bonds is 8. The first-order chi connectivity index (χ1) is 16.5. The summed E-state index contributed by atoms with van der Waals surface area (Å²) in [4.78, 5) is 36.1. The Bertz CT molecular complexity index is 1350. The maximum absolute atomic E-state index is 13.1. The first kappa shape index (κ1) is 25.4. The summed E-state index contributed by atoms with van der Waals surface area (Å²) >= 11 is 0. The summed E-state index contributed by atoms with van der Waals surface area (Å²) in [5, 5.41) is 2.57. The number of hydrogen-bond donors (Lipinski definition) is 2. The molecule has 0 spiro atoms. The number of hydrogen-bond acceptors (Lipinski definition) is 6. The van der Waals surface area contributed by atoms with Crippen molar-refractivity contribution in [1.82, 2.24) is 0 Å². The van der Waals surface area contributed by atoms with E-state index in [1.165, 1.54) is 62.5 Å². The third-order valence-electron chi connectivity index (χ3n) is 5.22. The predicted octanol–water partition coefficient (Wildman–Crippen LogP) is 3.10. The molecule has 1 atom stereocenters. The lowest BCUT2D eigenvalue weighted by Crippen LogP contribution is -2.30. The number of aryl methyl sites for hydroxylation is 1. The van der Waals surface area contributed by atoms with Crippen LogP contribution in [0.2, 0.25) is 0 Å². The second kappa shape index (κ2) is 10.4. The minimum absolute atomic E-state index is 0.0196. The van der Waals surface area contributed by atoms with Crippen molar-refractivity contribution < 1.29 is 27.5 Å². The van der Waals surface area contributed by atoms with Crippen molar-refractivity contribution in [3.05, 3.63) is 89.5 Å². The molecule has 3 aromatic carbocycles. The Morgan fingerprint density at radius 2 is 1.57 bits per heavy atom. The average molecular weight is 496 g/mol. The van der Waals surface area contributed by atoms with Gasteiger partial charge in [-0.3, -0.25) is 13.9 Å². The third-order valence-corrected chi connectivity index (χ3v) is 7.00. The van der Waals surface area contributed by atoms with E-state index in [9.17, 15) is 22.8 Å². The second-order valence-corrected chi connectivity index (χ2v) is 9.78. The Balaban J connectivity index is 1.70. The highest BCUT2D eigenvalue weighted by molar-refractivity contribution is 7.92. The molecule has 0 radical (unpaired) electrons. The van der Waals surface area contributed by atoms with E-state index in [1.807, 2.05) is 6.92 Å². The second-order valence-electron chi connectivity index (χ2n) is 7.81. The highest BCUT2D eigenvalue weighted by Gasteiger charge is 2.24. The van der Waals surface area contributed by atoms with Crippen molar-refractivity contribution in [3.8, 4) is 0 Å². The molecule has 0 fully saturated rings. The molecular weight excluding hydrogens is 470 g/mol. The lowest BCUT2D eigenvalue weighted by molar-refractivity contribution is -0.123. The van der Waals surface area contributed by atoms with Crippen LogP contribution >= 0.6 is 0 Å². The third kappa shape index (κ3) is 6.04. The lowest BCUT2D eigenvalue weighted by atomic mass is 10.2. The van der Waals surface area contributed by atoms with Gasteiger partial charge in [-0.1, -0.05) is 23.8 Å². The summed E-state index contributed by atoms with van der Waals surface area (Å²) in [6.07, 6.45) is -1.17. The van der Waals surface area contributed by atoms with Gasteiger partial charge in [0.2, 0.25) is 5.91 Å². The Kier molecular flexibility index (Phi) is 7.55. The van der Waals surface area contributed by atoms with E-state index in [0.717, 1.165) is 9.87 Å². The standard InChI is InChI=1S/C25H25N3O6S/c1-16-7-13-21(14-8-16)28(3)35(32,33)22-6-4-5-19(15-22)25(31)34-17(2)24(30)27-20-11-9-18(10-12-20)23(26)29/h4-15,17H,1-3H3,(H2,26,29)(H,27,30). The van der Waals surface area contributed by atoms with Gasteiger partial charge in [-0.25, -0.2) is 13.2 Å². The van der Waals surface area contributed by atoms with Crippen LogP contribution in [0.25, 0.3) is 0 Å². The van der Waals surface area contributed by atoms with Crippen molar-refractivity contribution in [2.24, 2.45) is 5.73 Å². The zero-order valence-corrected chi connectivity index (χ0v) is 20.2. The fraction of sp³-hybridized carbons (Fsp3) is 0.160. The molecular formula is C25H25N3O6S. The molecule has 0 aliphatic rings. The predicted molar refractivity (Wildman–Crippen MR) is 132 cm³/mol. The van der Waals surface area contributed by atoms with E-state index in [0.29, 0.717) is 11.4 Å². The number of ether oxygens (including phenoxy) is 1. The number of nitrogens with one attached hydrogen (secondary N) is 1. The number of nitrogens with zero attached hydrogens (tertiary/aromatic N) is 1. The monoisotopic (exact) mass is 495 g/mol. The van der Waals surface area contributed by atoms with Crippen LogP contribution < -0.4 is 15.4 Å². The summed E-state index contributed by atoms with van der Waals surface area (Å²) in [6, 6.07) is 18.3. The largest absolute Gasteiger partial charge is 0.449 e. The van der Waals surface area contributed by atoms with E-state index >= 15 is 0 Å². The van der Waals surface area contributed by atoms with Crippen molar-refractivity contribution >= 4 is 39.2 Å². The van der Waals surface area contributed by atoms with Gasteiger partial charge in [0.1, 0.15) is 0 Å². The van der Waals surface area contributed by atoms with Gasteiger partial charge >= 0.3 is 5.97 Å². The maximum atomic E-state index is 13.1. The summed E-state index contributed by atoms with van der Waals surface area (Å²) in [7, 11) is -2.52. The summed E-state index contributed by atoms with van der Waals surface area (Å²) in [6.45, 7) is 3.28. The zero-order chi connectivity index (χ0) is 25.8. The van der Waals surface area contributed by atoms with E-state index < -0.39 is 33.9 Å². The number of nitrogens with two attached hydrogens (primary N) is 1. The molecule has 9 nitrogen and oxygen atoms in total. The summed E-state index contributed by atoms with van der Waals surface area (Å²) < 4.78 is 32.5. The molecule has 0 saturated heterocycles. The number of primary amides is 1.